The Morgan fingerprint density at radius 3 is 2.81 bits per heavy atom. The van der Waals surface area contributed by atoms with Gasteiger partial charge in [-0.3, -0.25) is 10.1 Å². The van der Waals surface area contributed by atoms with E-state index in [1.54, 1.807) is 6.20 Å². The third-order valence-electron chi connectivity index (χ3n) is 2.43. The van der Waals surface area contributed by atoms with Gasteiger partial charge in [-0.25, -0.2) is 0 Å². The lowest BCUT2D eigenvalue weighted by Gasteiger charge is -2.06. The van der Waals surface area contributed by atoms with Gasteiger partial charge in [-0.2, -0.15) is 5.10 Å². The van der Waals surface area contributed by atoms with E-state index < -0.39 is 0 Å². The molecule has 0 atom stereocenters. The fraction of sp³-hybridized carbons (Fsp3) is 0.333. The SMILES string of the molecule is CC(C)Cc1c(N)n[nH]c1-c1ccccn1. The van der Waals surface area contributed by atoms with Crippen LogP contribution in [0.1, 0.15) is 19.4 Å². The summed E-state index contributed by atoms with van der Waals surface area (Å²) < 4.78 is 0. The number of nitrogens with two attached hydrogens (primary N) is 1. The van der Waals surface area contributed by atoms with Gasteiger partial charge in [0.1, 0.15) is 5.82 Å². The highest BCUT2D eigenvalue weighted by molar-refractivity contribution is 5.64. The molecule has 3 N–H and O–H groups in total. The number of nitrogens with one attached hydrogen (secondary N) is 1. The molecule has 0 amide bonds. The Balaban J connectivity index is 2.42. The topological polar surface area (TPSA) is 67.6 Å². The number of H-pyrrole nitrogens is 1. The monoisotopic (exact) mass is 216 g/mol. The standard InChI is InChI=1S/C12H16N4/c1-8(2)7-9-11(15-16-12(9)13)10-5-3-4-6-14-10/h3-6,8H,7H2,1-2H3,(H3,13,15,16). The average Bonchev–Trinajstić information content (AvgIpc) is 2.61. The average molecular weight is 216 g/mol. The molecule has 0 unspecified atom stereocenters. The lowest BCUT2D eigenvalue weighted by Crippen LogP contribution is -1.99. The number of anilines is 1. The zero-order valence-corrected chi connectivity index (χ0v) is 9.57. The first kappa shape index (κ1) is 10.7. The van der Waals surface area contributed by atoms with Crippen LogP contribution in [0.3, 0.4) is 0 Å². The van der Waals surface area contributed by atoms with E-state index in [0.29, 0.717) is 11.7 Å². The van der Waals surface area contributed by atoms with Crippen molar-refractivity contribution in [2.75, 3.05) is 5.73 Å². The maximum absolute atomic E-state index is 5.86. The van der Waals surface area contributed by atoms with Crippen LogP contribution in [0.15, 0.2) is 24.4 Å². The molecule has 16 heavy (non-hydrogen) atoms. The van der Waals surface area contributed by atoms with Gasteiger partial charge in [0.05, 0.1) is 11.4 Å². The molecule has 0 saturated heterocycles. The van der Waals surface area contributed by atoms with E-state index in [4.69, 9.17) is 5.73 Å². The second kappa shape index (κ2) is 4.35. The van der Waals surface area contributed by atoms with Crippen molar-refractivity contribution >= 4 is 5.82 Å². The maximum atomic E-state index is 5.86. The molecule has 0 aliphatic rings. The summed E-state index contributed by atoms with van der Waals surface area (Å²) in [4.78, 5) is 4.30. The minimum Gasteiger partial charge on any atom is -0.382 e. The first-order chi connectivity index (χ1) is 7.68. The number of pyridine rings is 1. The summed E-state index contributed by atoms with van der Waals surface area (Å²) in [6.07, 6.45) is 2.68. The van der Waals surface area contributed by atoms with Gasteiger partial charge in [0.2, 0.25) is 0 Å². The zero-order valence-electron chi connectivity index (χ0n) is 9.57. The van der Waals surface area contributed by atoms with Gasteiger partial charge in [-0.05, 0) is 24.5 Å². The van der Waals surface area contributed by atoms with Crippen LogP contribution in [0.5, 0.6) is 0 Å². The van der Waals surface area contributed by atoms with Crippen LogP contribution in [0.25, 0.3) is 11.4 Å². The summed E-state index contributed by atoms with van der Waals surface area (Å²) in [5.41, 5.74) is 8.75. The highest BCUT2D eigenvalue weighted by Gasteiger charge is 2.14. The van der Waals surface area contributed by atoms with E-state index in [1.165, 1.54) is 0 Å². The summed E-state index contributed by atoms with van der Waals surface area (Å²) in [7, 11) is 0. The Labute approximate surface area is 94.9 Å². The van der Waals surface area contributed by atoms with Gasteiger partial charge in [-0.15, -0.1) is 0 Å². The molecule has 0 spiro atoms. The second-order valence-electron chi connectivity index (χ2n) is 4.28. The van der Waals surface area contributed by atoms with Crippen molar-refractivity contribution < 1.29 is 0 Å². The highest BCUT2D eigenvalue weighted by Crippen LogP contribution is 2.25. The molecule has 84 valence electrons. The summed E-state index contributed by atoms with van der Waals surface area (Å²) in [5.74, 6) is 1.12. The molecule has 2 aromatic rings. The zero-order chi connectivity index (χ0) is 11.5. The minimum absolute atomic E-state index is 0.544. The van der Waals surface area contributed by atoms with Crippen molar-refractivity contribution in [3.8, 4) is 11.4 Å². The quantitative estimate of drug-likeness (QED) is 0.826. The van der Waals surface area contributed by atoms with E-state index in [1.807, 2.05) is 18.2 Å². The van der Waals surface area contributed by atoms with E-state index in [0.717, 1.165) is 23.4 Å². The molecular weight excluding hydrogens is 200 g/mol. The molecule has 2 heterocycles. The second-order valence-corrected chi connectivity index (χ2v) is 4.28. The lowest BCUT2D eigenvalue weighted by atomic mass is 10.0. The molecule has 0 aliphatic heterocycles. The van der Waals surface area contributed by atoms with E-state index in [9.17, 15) is 0 Å². The largest absolute Gasteiger partial charge is 0.382 e. The number of rotatable bonds is 3. The molecule has 0 aromatic carbocycles. The fourth-order valence-corrected chi connectivity index (χ4v) is 1.72. The Morgan fingerprint density at radius 1 is 1.38 bits per heavy atom. The van der Waals surface area contributed by atoms with Gasteiger partial charge in [-0.1, -0.05) is 19.9 Å². The van der Waals surface area contributed by atoms with Gasteiger partial charge in [0.25, 0.3) is 0 Å². The van der Waals surface area contributed by atoms with Crippen LogP contribution in [0.2, 0.25) is 0 Å². The van der Waals surface area contributed by atoms with Crippen LogP contribution < -0.4 is 5.73 Å². The Hall–Kier alpha value is -1.84. The van der Waals surface area contributed by atoms with Crippen molar-refractivity contribution in [1.29, 1.82) is 0 Å². The lowest BCUT2D eigenvalue weighted by molar-refractivity contribution is 0.649. The molecule has 4 heteroatoms. The molecule has 4 nitrogen and oxygen atoms in total. The summed E-state index contributed by atoms with van der Waals surface area (Å²) >= 11 is 0. The van der Waals surface area contributed by atoms with Crippen LogP contribution in [0.4, 0.5) is 5.82 Å². The molecule has 0 aliphatic carbocycles. The summed E-state index contributed by atoms with van der Waals surface area (Å²) in [6.45, 7) is 4.32. The number of hydrogen-bond acceptors (Lipinski definition) is 3. The van der Waals surface area contributed by atoms with E-state index in [-0.39, 0.29) is 0 Å². The van der Waals surface area contributed by atoms with Crippen molar-refractivity contribution in [3.05, 3.63) is 30.0 Å². The van der Waals surface area contributed by atoms with E-state index >= 15 is 0 Å². The molecular formula is C12H16N4. The molecule has 2 aromatic heterocycles. The van der Waals surface area contributed by atoms with Crippen LogP contribution >= 0.6 is 0 Å². The third-order valence-corrected chi connectivity index (χ3v) is 2.43. The number of aromatic amines is 1. The molecule has 0 bridgehead atoms. The number of nitrogen functional groups attached to an aromatic ring is 1. The summed E-state index contributed by atoms with van der Waals surface area (Å²) in [6, 6.07) is 5.81. The molecule has 0 saturated carbocycles. The fourth-order valence-electron chi connectivity index (χ4n) is 1.72. The summed E-state index contributed by atoms with van der Waals surface area (Å²) in [5, 5.41) is 7.02. The maximum Gasteiger partial charge on any atom is 0.149 e. The van der Waals surface area contributed by atoms with E-state index in [2.05, 4.69) is 29.0 Å². The van der Waals surface area contributed by atoms with Crippen molar-refractivity contribution in [1.82, 2.24) is 15.2 Å². The first-order valence-electron chi connectivity index (χ1n) is 5.42. The Kier molecular flexibility index (Phi) is 2.90. The third kappa shape index (κ3) is 2.05. The molecule has 2 rings (SSSR count). The normalized spacial score (nSPS) is 10.9. The van der Waals surface area contributed by atoms with Crippen LogP contribution in [-0.4, -0.2) is 15.2 Å². The van der Waals surface area contributed by atoms with Gasteiger partial charge >= 0.3 is 0 Å². The Bertz CT molecular complexity index is 459. The Morgan fingerprint density at radius 2 is 2.19 bits per heavy atom. The van der Waals surface area contributed by atoms with Crippen LogP contribution in [0, 0.1) is 5.92 Å². The number of nitrogens with zero attached hydrogens (tertiary/aromatic N) is 2. The van der Waals surface area contributed by atoms with Gasteiger partial charge in [0.15, 0.2) is 0 Å². The van der Waals surface area contributed by atoms with Crippen molar-refractivity contribution in [2.45, 2.75) is 20.3 Å². The minimum atomic E-state index is 0.544. The highest BCUT2D eigenvalue weighted by atomic mass is 15.2. The van der Waals surface area contributed by atoms with Crippen LogP contribution in [-0.2, 0) is 6.42 Å². The van der Waals surface area contributed by atoms with Crippen molar-refractivity contribution in [2.24, 2.45) is 5.92 Å². The molecule has 0 radical (unpaired) electrons. The van der Waals surface area contributed by atoms with Gasteiger partial charge < -0.3 is 5.73 Å². The number of hydrogen-bond donors (Lipinski definition) is 2. The predicted octanol–water partition coefficient (Wildman–Crippen LogP) is 2.25. The van der Waals surface area contributed by atoms with Gasteiger partial charge in [0, 0.05) is 11.8 Å². The van der Waals surface area contributed by atoms with Crippen molar-refractivity contribution in [3.63, 3.8) is 0 Å². The first-order valence-corrected chi connectivity index (χ1v) is 5.42. The predicted molar refractivity (Wildman–Crippen MR) is 64.8 cm³/mol. The molecule has 0 fully saturated rings. The smallest absolute Gasteiger partial charge is 0.149 e. The number of aromatic nitrogens is 3.